The molecule has 0 bridgehead atoms. The molecule has 0 saturated heterocycles. The third kappa shape index (κ3) is 2.93. The van der Waals surface area contributed by atoms with Crippen LogP contribution in [0.2, 0.25) is 0 Å². The Balaban J connectivity index is 2.02. The number of hydrogen-bond acceptors (Lipinski definition) is 3. The number of methoxy groups -OCH3 is 1. The molecule has 148 valence electrons. The molecule has 4 rings (SSSR count). The summed E-state index contributed by atoms with van der Waals surface area (Å²) in [6.45, 7) is 8.46. The number of aryl methyl sites for hydroxylation is 2. The van der Waals surface area contributed by atoms with Gasteiger partial charge in [-0.05, 0) is 80.8 Å². The molecular formula is C23H29N3O2. The molecule has 1 aromatic carbocycles. The Hall–Kier alpha value is -2.56. The van der Waals surface area contributed by atoms with Crippen molar-refractivity contribution in [3.63, 3.8) is 0 Å². The number of ether oxygens (including phenoxy) is 1. The van der Waals surface area contributed by atoms with Gasteiger partial charge in [-0.15, -0.1) is 5.10 Å². The predicted molar refractivity (Wildman–Crippen MR) is 113 cm³/mol. The molecule has 5 nitrogen and oxygen atoms in total. The van der Waals surface area contributed by atoms with Crippen LogP contribution in [0.4, 0.5) is 0 Å². The molecule has 1 saturated carbocycles. The lowest BCUT2D eigenvalue weighted by Crippen LogP contribution is -2.26. The van der Waals surface area contributed by atoms with Crippen LogP contribution in [0.15, 0.2) is 29.1 Å². The molecule has 5 heteroatoms. The highest BCUT2D eigenvalue weighted by atomic mass is 16.5. The second-order valence-corrected chi connectivity index (χ2v) is 7.93. The van der Waals surface area contributed by atoms with Crippen LogP contribution in [-0.4, -0.2) is 21.3 Å². The minimum atomic E-state index is 0.0951. The van der Waals surface area contributed by atoms with Gasteiger partial charge in [0.2, 0.25) is 0 Å². The fourth-order valence-corrected chi connectivity index (χ4v) is 4.26. The average Bonchev–Trinajstić information content (AvgIpc) is 3.47. The monoisotopic (exact) mass is 379 g/mol. The maximum Gasteiger partial charge on any atom is 0.278 e. The molecule has 0 amide bonds. The summed E-state index contributed by atoms with van der Waals surface area (Å²) in [5.41, 5.74) is 5.07. The van der Waals surface area contributed by atoms with E-state index in [2.05, 4.69) is 19.9 Å². The first-order valence-electron chi connectivity index (χ1n) is 10.3. The van der Waals surface area contributed by atoms with Crippen LogP contribution in [-0.2, 0) is 0 Å². The van der Waals surface area contributed by atoms with E-state index in [1.165, 1.54) is 0 Å². The zero-order valence-electron chi connectivity index (χ0n) is 17.5. The first-order valence-corrected chi connectivity index (χ1v) is 10.3. The van der Waals surface area contributed by atoms with Gasteiger partial charge in [-0.1, -0.05) is 13.8 Å². The van der Waals surface area contributed by atoms with E-state index >= 15 is 0 Å². The van der Waals surface area contributed by atoms with Gasteiger partial charge in [0.15, 0.2) is 5.82 Å². The summed E-state index contributed by atoms with van der Waals surface area (Å²) in [5.74, 6) is 1.96. The Bertz CT molecular complexity index is 1090. The minimum absolute atomic E-state index is 0.0951. The molecule has 0 N–H and O–H groups in total. The lowest BCUT2D eigenvalue weighted by molar-refractivity contribution is 0.414. The highest BCUT2D eigenvalue weighted by Gasteiger charge is 2.31. The van der Waals surface area contributed by atoms with E-state index in [0.717, 1.165) is 65.2 Å². The lowest BCUT2D eigenvalue weighted by Gasteiger charge is -2.16. The van der Waals surface area contributed by atoms with Gasteiger partial charge < -0.3 is 4.74 Å². The normalized spacial score (nSPS) is 14.2. The molecule has 0 unspecified atom stereocenters. The maximum absolute atomic E-state index is 13.7. The summed E-state index contributed by atoms with van der Waals surface area (Å²) in [7, 11) is 1.67. The molecule has 0 spiro atoms. The summed E-state index contributed by atoms with van der Waals surface area (Å²) >= 11 is 0. The van der Waals surface area contributed by atoms with Gasteiger partial charge in [0, 0.05) is 17.3 Å². The Morgan fingerprint density at radius 2 is 1.89 bits per heavy atom. The number of benzene rings is 1. The van der Waals surface area contributed by atoms with Crippen LogP contribution in [0.1, 0.15) is 68.3 Å². The number of hydrogen-bond donors (Lipinski definition) is 0. The first kappa shape index (κ1) is 18.8. The van der Waals surface area contributed by atoms with Crippen molar-refractivity contribution in [3.8, 4) is 17.1 Å². The standard InChI is InChI=1S/C23H29N3O2/c1-6-16(7-2)20-13-15(4)26-21(20)23(27)25(17-8-9-17)22(24-26)19-11-10-18(28-5)12-14(19)3/h10-13,16-17H,6-9H2,1-5H3. The molecule has 2 heterocycles. The van der Waals surface area contributed by atoms with Gasteiger partial charge in [-0.3, -0.25) is 9.36 Å². The highest BCUT2D eigenvalue weighted by Crippen LogP contribution is 2.38. The molecule has 28 heavy (non-hydrogen) atoms. The molecule has 0 radical (unpaired) electrons. The van der Waals surface area contributed by atoms with E-state index in [0.29, 0.717) is 5.92 Å². The minimum Gasteiger partial charge on any atom is -0.497 e. The fourth-order valence-electron chi connectivity index (χ4n) is 4.26. The zero-order chi connectivity index (χ0) is 20.0. The Kier molecular flexibility index (Phi) is 4.77. The van der Waals surface area contributed by atoms with Crippen molar-refractivity contribution in [1.29, 1.82) is 0 Å². The highest BCUT2D eigenvalue weighted by molar-refractivity contribution is 5.65. The Labute approximate surface area is 166 Å². The molecule has 1 fully saturated rings. The zero-order valence-corrected chi connectivity index (χ0v) is 17.5. The Morgan fingerprint density at radius 1 is 1.18 bits per heavy atom. The third-order valence-electron chi connectivity index (χ3n) is 6.04. The van der Waals surface area contributed by atoms with Gasteiger partial charge in [0.05, 0.1) is 7.11 Å². The van der Waals surface area contributed by atoms with E-state index in [4.69, 9.17) is 9.84 Å². The van der Waals surface area contributed by atoms with Crippen molar-refractivity contribution in [2.75, 3.05) is 7.11 Å². The van der Waals surface area contributed by atoms with Crippen LogP contribution in [0.3, 0.4) is 0 Å². The quantitative estimate of drug-likeness (QED) is 0.604. The second kappa shape index (κ2) is 7.12. The number of fused-ring (bicyclic) bond motifs is 1. The van der Waals surface area contributed by atoms with Crippen molar-refractivity contribution in [3.05, 3.63) is 51.4 Å². The van der Waals surface area contributed by atoms with Crippen LogP contribution >= 0.6 is 0 Å². The summed E-state index contributed by atoms with van der Waals surface area (Å²) in [6.07, 6.45) is 4.13. The largest absolute Gasteiger partial charge is 0.497 e. The van der Waals surface area contributed by atoms with Crippen LogP contribution in [0.25, 0.3) is 16.9 Å². The summed E-state index contributed by atoms with van der Waals surface area (Å²) in [6, 6.07) is 8.37. The van der Waals surface area contributed by atoms with Crippen molar-refractivity contribution in [1.82, 2.24) is 14.2 Å². The van der Waals surface area contributed by atoms with Gasteiger partial charge in [0.1, 0.15) is 11.3 Å². The predicted octanol–water partition coefficient (Wildman–Crippen LogP) is 5.03. The summed E-state index contributed by atoms with van der Waals surface area (Å²) < 4.78 is 9.16. The number of aromatic nitrogens is 3. The molecular weight excluding hydrogens is 350 g/mol. The SMILES string of the molecule is CCC(CC)c1cc(C)n2nc(-c3ccc(OC)cc3C)n(C3CC3)c(=O)c12. The van der Waals surface area contributed by atoms with Crippen LogP contribution in [0, 0.1) is 13.8 Å². The van der Waals surface area contributed by atoms with Gasteiger partial charge in [0.25, 0.3) is 5.56 Å². The molecule has 0 atom stereocenters. The lowest BCUT2D eigenvalue weighted by atomic mass is 9.95. The van der Waals surface area contributed by atoms with Crippen LogP contribution < -0.4 is 10.3 Å². The van der Waals surface area contributed by atoms with Crippen molar-refractivity contribution >= 4 is 5.52 Å². The van der Waals surface area contributed by atoms with Gasteiger partial charge >= 0.3 is 0 Å². The fraction of sp³-hybridized carbons (Fsp3) is 0.478. The molecule has 3 aromatic rings. The smallest absolute Gasteiger partial charge is 0.278 e. The average molecular weight is 380 g/mol. The molecule has 0 aliphatic heterocycles. The van der Waals surface area contributed by atoms with Gasteiger partial charge in [-0.2, -0.15) is 0 Å². The van der Waals surface area contributed by atoms with E-state index in [-0.39, 0.29) is 11.6 Å². The van der Waals surface area contributed by atoms with E-state index in [1.807, 2.05) is 41.1 Å². The second-order valence-electron chi connectivity index (χ2n) is 7.93. The van der Waals surface area contributed by atoms with E-state index in [1.54, 1.807) is 7.11 Å². The van der Waals surface area contributed by atoms with Crippen molar-refractivity contribution in [2.45, 2.75) is 65.3 Å². The van der Waals surface area contributed by atoms with Crippen molar-refractivity contribution in [2.24, 2.45) is 0 Å². The molecule has 1 aliphatic rings. The van der Waals surface area contributed by atoms with Gasteiger partial charge in [-0.25, -0.2) is 4.52 Å². The summed E-state index contributed by atoms with van der Waals surface area (Å²) in [4.78, 5) is 13.7. The third-order valence-corrected chi connectivity index (χ3v) is 6.04. The van der Waals surface area contributed by atoms with Crippen molar-refractivity contribution < 1.29 is 4.74 Å². The number of nitrogens with zero attached hydrogens (tertiary/aromatic N) is 3. The summed E-state index contributed by atoms with van der Waals surface area (Å²) in [5, 5.41) is 4.99. The molecule has 2 aromatic heterocycles. The Morgan fingerprint density at radius 3 is 2.46 bits per heavy atom. The van der Waals surface area contributed by atoms with E-state index in [9.17, 15) is 4.79 Å². The molecule has 1 aliphatic carbocycles. The first-order chi connectivity index (χ1) is 13.5. The van der Waals surface area contributed by atoms with E-state index < -0.39 is 0 Å². The topological polar surface area (TPSA) is 48.5 Å². The van der Waals surface area contributed by atoms with Crippen LogP contribution in [0.5, 0.6) is 5.75 Å². The number of rotatable bonds is 6. The maximum atomic E-state index is 13.7.